The second-order valence-corrected chi connectivity index (χ2v) is 8.01. The van der Waals surface area contributed by atoms with Crippen molar-refractivity contribution in [3.63, 3.8) is 0 Å². The summed E-state index contributed by atoms with van der Waals surface area (Å²) in [6.07, 6.45) is 4.25. The fourth-order valence-corrected chi connectivity index (χ4v) is 3.81. The van der Waals surface area contributed by atoms with E-state index in [-0.39, 0.29) is 6.04 Å². The van der Waals surface area contributed by atoms with Crippen LogP contribution in [0, 0.1) is 0 Å². The van der Waals surface area contributed by atoms with Crippen LogP contribution in [0.15, 0.2) is 0 Å². The lowest BCUT2D eigenvalue weighted by atomic mass is 9.77. The summed E-state index contributed by atoms with van der Waals surface area (Å²) in [6, 6.07) is 0.0439. The molecular formula is C18H35N3O3. The van der Waals surface area contributed by atoms with Gasteiger partial charge in [-0.05, 0) is 53.4 Å². The summed E-state index contributed by atoms with van der Waals surface area (Å²) in [4.78, 5) is 26.6. The molecule has 1 aliphatic heterocycles. The van der Waals surface area contributed by atoms with Gasteiger partial charge >= 0.3 is 11.8 Å². The first-order valence-electron chi connectivity index (χ1n) is 9.07. The first-order chi connectivity index (χ1) is 11.1. The molecule has 6 nitrogen and oxygen atoms in total. The van der Waals surface area contributed by atoms with Crippen LogP contribution in [0.4, 0.5) is 0 Å². The maximum Gasteiger partial charge on any atom is 0.312 e. The molecule has 1 heterocycles. The van der Waals surface area contributed by atoms with E-state index in [9.17, 15) is 9.59 Å². The van der Waals surface area contributed by atoms with Gasteiger partial charge < -0.3 is 20.7 Å². The molecule has 2 amide bonds. The zero-order valence-electron chi connectivity index (χ0n) is 16.0. The number of nitrogens with zero attached hydrogens (tertiary/aromatic N) is 1. The zero-order valence-corrected chi connectivity index (χ0v) is 16.0. The van der Waals surface area contributed by atoms with E-state index >= 15 is 0 Å². The molecule has 0 radical (unpaired) electrons. The van der Waals surface area contributed by atoms with Crippen molar-refractivity contribution in [3.05, 3.63) is 0 Å². The molecule has 0 aromatic carbocycles. The SMILES string of the molecule is CCCCOCCCNC(=O)C(=O)N1C(C)(C)CC(N)CC1(C)C. The normalized spacial score (nSPS) is 20.0. The molecule has 0 saturated carbocycles. The minimum absolute atomic E-state index is 0.0439. The highest BCUT2D eigenvalue weighted by Gasteiger charge is 2.48. The highest BCUT2D eigenvalue weighted by atomic mass is 16.5. The number of carbonyl (C=O) groups is 2. The number of unbranched alkanes of at least 4 members (excludes halogenated alkanes) is 1. The predicted octanol–water partition coefficient (Wildman–Crippen LogP) is 1.82. The summed E-state index contributed by atoms with van der Waals surface area (Å²) >= 11 is 0. The molecule has 0 aliphatic carbocycles. The smallest absolute Gasteiger partial charge is 0.312 e. The van der Waals surface area contributed by atoms with Gasteiger partial charge in [-0.15, -0.1) is 0 Å². The van der Waals surface area contributed by atoms with Crippen molar-refractivity contribution in [3.8, 4) is 0 Å². The van der Waals surface area contributed by atoms with E-state index in [4.69, 9.17) is 10.5 Å². The zero-order chi connectivity index (χ0) is 18.4. The third-order valence-corrected chi connectivity index (χ3v) is 4.52. The first kappa shape index (κ1) is 20.9. The maximum atomic E-state index is 12.7. The predicted molar refractivity (Wildman–Crippen MR) is 95.6 cm³/mol. The van der Waals surface area contributed by atoms with E-state index in [1.807, 2.05) is 27.7 Å². The highest BCUT2D eigenvalue weighted by molar-refractivity contribution is 6.35. The monoisotopic (exact) mass is 341 g/mol. The molecule has 6 heteroatoms. The number of hydrogen-bond acceptors (Lipinski definition) is 4. The lowest BCUT2D eigenvalue weighted by Gasteiger charge is -2.54. The average Bonchev–Trinajstić information content (AvgIpc) is 2.42. The van der Waals surface area contributed by atoms with Crippen molar-refractivity contribution in [2.75, 3.05) is 19.8 Å². The Bertz CT molecular complexity index is 417. The number of rotatable bonds is 7. The van der Waals surface area contributed by atoms with Gasteiger partial charge in [0.2, 0.25) is 0 Å². The Morgan fingerprint density at radius 3 is 2.21 bits per heavy atom. The summed E-state index contributed by atoms with van der Waals surface area (Å²) in [6.45, 7) is 11.8. The second kappa shape index (κ2) is 8.81. The van der Waals surface area contributed by atoms with E-state index in [1.54, 1.807) is 4.90 Å². The fourth-order valence-electron chi connectivity index (χ4n) is 3.81. The van der Waals surface area contributed by atoms with E-state index in [0.29, 0.717) is 32.4 Å². The van der Waals surface area contributed by atoms with E-state index < -0.39 is 22.9 Å². The van der Waals surface area contributed by atoms with Gasteiger partial charge in [-0.1, -0.05) is 13.3 Å². The number of likely N-dealkylation sites (tertiary alicyclic amines) is 1. The summed E-state index contributed by atoms with van der Waals surface area (Å²) in [5.41, 5.74) is 5.26. The molecule has 0 bridgehead atoms. The van der Waals surface area contributed by atoms with Crippen LogP contribution < -0.4 is 11.1 Å². The molecule has 3 N–H and O–H groups in total. The molecule has 24 heavy (non-hydrogen) atoms. The number of ether oxygens (including phenoxy) is 1. The first-order valence-corrected chi connectivity index (χ1v) is 9.07. The lowest BCUT2D eigenvalue weighted by Crippen LogP contribution is -2.67. The van der Waals surface area contributed by atoms with Crippen LogP contribution in [0.25, 0.3) is 0 Å². The standard InChI is InChI=1S/C18H35N3O3/c1-6-7-10-24-11-8-9-20-15(22)16(23)21-17(2,3)12-14(19)13-18(21,4)5/h14H,6-13,19H2,1-5H3,(H,20,22). The van der Waals surface area contributed by atoms with Gasteiger partial charge in [0, 0.05) is 36.9 Å². The number of nitrogens with two attached hydrogens (primary N) is 1. The van der Waals surface area contributed by atoms with Crippen molar-refractivity contribution in [2.45, 2.75) is 83.8 Å². The topological polar surface area (TPSA) is 84.7 Å². The second-order valence-electron chi connectivity index (χ2n) is 8.01. The molecule has 0 aromatic rings. The van der Waals surface area contributed by atoms with Crippen LogP contribution in [0.3, 0.4) is 0 Å². The molecule has 0 aromatic heterocycles. The molecule has 1 saturated heterocycles. The molecule has 1 rings (SSSR count). The number of carbonyl (C=O) groups excluding carboxylic acids is 2. The fraction of sp³-hybridized carbons (Fsp3) is 0.889. The van der Waals surface area contributed by atoms with Gasteiger partial charge in [0.25, 0.3) is 0 Å². The van der Waals surface area contributed by atoms with Crippen molar-refractivity contribution in [1.29, 1.82) is 0 Å². The van der Waals surface area contributed by atoms with Crippen molar-refractivity contribution < 1.29 is 14.3 Å². The Labute approximate surface area is 146 Å². The maximum absolute atomic E-state index is 12.7. The largest absolute Gasteiger partial charge is 0.381 e. The Kier molecular flexibility index (Phi) is 7.67. The van der Waals surface area contributed by atoms with Gasteiger partial charge in [-0.3, -0.25) is 9.59 Å². The highest BCUT2D eigenvalue weighted by Crippen LogP contribution is 2.37. The van der Waals surface area contributed by atoms with E-state index in [0.717, 1.165) is 19.4 Å². The Morgan fingerprint density at radius 1 is 1.12 bits per heavy atom. The molecule has 0 unspecified atom stereocenters. The van der Waals surface area contributed by atoms with E-state index in [1.165, 1.54) is 0 Å². The van der Waals surface area contributed by atoms with Crippen molar-refractivity contribution in [2.24, 2.45) is 5.73 Å². The minimum Gasteiger partial charge on any atom is -0.381 e. The molecule has 1 fully saturated rings. The minimum atomic E-state index is -0.542. The molecule has 1 aliphatic rings. The third-order valence-electron chi connectivity index (χ3n) is 4.52. The Hall–Kier alpha value is -1.14. The van der Waals surface area contributed by atoms with Gasteiger partial charge in [0.1, 0.15) is 0 Å². The number of amides is 2. The molecule has 0 atom stereocenters. The summed E-state index contributed by atoms with van der Waals surface area (Å²) in [5.74, 6) is -1.01. The van der Waals surface area contributed by atoms with E-state index in [2.05, 4.69) is 12.2 Å². The van der Waals surface area contributed by atoms with Crippen LogP contribution in [0.1, 0.15) is 66.7 Å². The van der Waals surface area contributed by atoms with Gasteiger partial charge in [-0.2, -0.15) is 0 Å². The van der Waals surface area contributed by atoms with Crippen molar-refractivity contribution in [1.82, 2.24) is 10.2 Å². The molecular weight excluding hydrogens is 306 g/mol. The Balaban J connectivity index is 2.50. The van der Waals surface area contributed by atoms with Crippen LogP contribution in [0.5, 0.6) is 0 Å². The summed E-state index contributed by atoms with van der Waals surface area (Å²) in [7, 11) is 0. The van der Waals surface area contributed by atoms with Gasteiger partial charge in [0.15, 0.2) is 0 Å². The number of hydrogen-bond donors (Lipinski definition) is 2. The molecule has 0 spiro atoms. The Morgan fingerprint density at radius 2 is 1.67 bits per heavy atom. The average molecular weight is 341 g/mol. The summed E-state index contributed by atoms with van der Waals surface area (Å²) < 4.78 is 5.45. The molecule has 140 valence electrons. The van der Waals surface area contributed by atoms with Crippen LogP contribution >= 0.6 is 0 Å². The van der Waals surface area contributed by atoms with Crippen molar-refractivity contribution >= 4 is 11.8 Å². The van der Waals surface area contributed by atoms with Gasteiger partial charge in [-0.25, -0.2) is 0 Å². The van der Waals surface area contributed by atoms with Gasteiger partial charge in [0.05, 0.1) is 0 Å². The lowest BCUT2D eigenvalue weighted by molar-refractivity contribution is -0.159. The summed E-state index contributed by atoms with van der Waals surface area (Å²) in [5, 5.41) is 2.72. The number of piperidine rings is 1. The third kappa shape index (κ3) is 5.74. The number of nitrogens with one attached hydrogen (secondary N) is 1. The van der Waals surface area contributed by atoms with Crippen LogP contribution in [-0.2, 0) is 14.3 Å². The quantitative estimate of drug-likeness (QED) is 0.546. The van der Waals surface area contributed by atoms with Crippen LogP contribution in [-0.4, -0.2) is 53.6 Å². The van der Waals surface area contributed by atoms with Crippen LogP contribution in [0.2, 0.25) is 0 Å².